The van der Waals surface area contributed by atoms with E-state index in [0.717, 1.165) is 47.4 Å². The van der Waals surface area contributed by atoms with E-state index in [4.69, 9.17) is 4.42 Å². The average molecular weight is 377 g/mol. The molecule has 98 valence electrons. The molecule has 0 amide bonds. The normalized spacial score (nSPS) is 11.0. The van der Waals surface area contributed by atoms with Gasteiger partial charge >= 0.3 is 0 Å². The lowest BCUT2D eigenvalue weighted by atomic mass is 10.3. The monoisotopic (exact) mass is 375 g/mol. The Morgan fingerprint density at radius 3 is 2.89 bits per heavy atom. The molecular weight excluding hydrogens is 362 g/mol. The van der Waals surface area contributed by atoms with Gasteiger partial charge < -0.3 is 14.3 Å². The minimum Gasteiger partial charge on any atom is -0.452 e. The van der Waals surface area contributed by atoms with Crippen LogP contribution in [0.5, 0.6) is 0 Å². The number of imidazole rings is 1. The summed E-state index contributed by atoms with van der Waals surface area (Å²) in [6, 6.07) is 1.97. The number of hydrogen-bond donors (Lipinski definition) is 1. The van der Waals surface area contributed by atoms with Crippen LogP contribution in [0.1, 0.15) is 18.6 Å². The molecule has 0 saturated carbocycles. The molecule has 2 aromatic rings. The van der Waals surface area contributed by atoms with Gasteiger partial charge in [-0.05, 0) is 57.3 Å². The Morgan fingerprint density at radius 2 is 2.22 bits per heavy atom. The molecule has 18 heavy (non-hydrogen) atoms. The summed E-state index contributed by atoms with van der Waals surface area (Å²) in [5, 5.41) is 3.36. The topological polar surface area (TPSA) is 43.0 Å². The zero-order valence-electron chi connectivity index (χ0n) is 9.90. The number of aromatic nitrogens is 2. The van der Waals surface area contributed by atoms with E-state index in [1.807, 2.05) is 24.8 Å². The van der Waals surface area contributed by atoms with Crippen molar-refractivity contribution in [1.29, 1.82) is 0 Å². The van der Waals surface area contributed by atoms with E-state index in [9.17, 15) is 0 Å². The molecule has 0 bridgehead atoms. The molecule has 0 atom stereocenters. The van der Waals surface area contributed by atoms with E-state index in [-0.39, 0.29) is 0 Å². The third-order valence-corrected chi connectivity index (χ3v) is 4.28. The SMILES string of the molecule is Brc1cc(CNCCCCn2ccnc2)oc1Br. The Bertz CT molecular complexity index is 448. The van der Waals surface area contributed by atoms with Crippen LogP contribution in [0.2, 0.25) is 0 Å². The smallest absolute Gasteiger partial charge is 0.183 e. The largest absolute Gasteiger partial charge is 0.452 e. The van der Waals surface area contributed by atoms with Gasteiger partial charge in [0, 0.05) is 18.9 Å². The van der Waals surface area contributed by atoms with Gasteiger partial charge in [-0.15, -0.1) is 0 Å². The molecule has 0 aliphatic heterocycles. The molecule has 0 fully saturated rings. The maximum atomic E-state index is 5.47. The highest BCUT2D eigenvalue weighted by molar-refractivity contribution is 9.13. The molecule has 1 N–H and O–H groups in total. The van der Waals surface area contributed by atoms with Gasteiger partial charge in [-0.25, -0.2) is 4.98 Å². The third kappa shape index (κ3) is 4.26. The van der Waals surface area contributed by atoms with E-state index in [1.165, 1.54) is 0 Å². The van der Waals surface area contributed by atoms with Crippen molar-refractivity contribution in [2.75, 3.05) is 6.54 Å². The fourth-order valence-electron chi connectivity index (χ4n) is 1.65. The minimum absolute atomic E-state index is 0.749. The Hall–Kier alpha value is -0.590. The van der Waals surface area contributed by atoms with Crippen molar-refractivity contribution in [3.05, 3.63) is 39.7 Å². The van der Waals surface area contributed by atoms with Crippen LogP contribution in [0.3, 0.4) is 0 Å². The lowest BCUT2D eigenvalue weighted by Gasteiger charge is -2.03. The average Bonchev–Trinajstić information content (AvgIpc) is 2.95. The maximum Gasteiger partial charge on any atom is 0.183 e. The highest BCUT2D eigenvalue weighted by atomic mass is 79.9. The van der Waals surface area contributed by atoms with Gasteiger partial charge in [0.25, 0.3) is 0 Å². The number of nitrogens with zero attached hydrogens (tertiary/aromatic N) is 2. The Morgan fingerprint density at radius 1 is 1.33 bits per heavy atom. The van der Waals surface area contributed by atoms with Crippen LogP contribution in [0.4, 0.5) is 0 Å². The van der Waals surface area contributed by atoms with Crippen LogP contribution in [0.25, 0.3) is 0 Å². The van der Waals surface area contributed by atoms with Crippen LogP contribution in [0, 0.1) is 0 Å². The second-order valence-electron chi connectivity index (χ2n) is 4.02. The van der Waals surface area contributed by atoms with Gasteiger partial charge in [0.2, 0.25) is 0 Å². The molecule has 0 radical (unpaired) electrons. The summed E-state index contributed by atoms with van der Waals surface area (Å²) in [4.78, 5) is 4.01. The van der Waals surface area contributed by atoms with Gasteiger partial charge in [-0.3, -0.25) is 0 Å². The number of hydrogen-bond acceptors (Lipinski definition) is 3. The minimum atomic E-state index is 0.749. The van der Waals surface area contributed by atoms with Gasteiger partial charge in [-0.1, -0.05) is 0 Å². The summed E-state index contributed by atoms with van der Waals surface area (Å²) >= 11 is 6.72. The number of nitrogens with one attached hydrogen (secondary N) is 1. The molecule has 0 spiro atoms. The molecule has 2 heterocycles. The fraction of sp³-hybridized carbons (Fsp3) is 0.417. The van der Waals surface area contributed by atoms with E-state index in [1.54, 1.807) is 0 Å². The van der Waals surface area contributed by atoms with E-state index in [0.29, 0.717) is 0 Å². The summed E-state index contributed by atoms with van der Waals surface area (Å²) < 4.78 is 9.28. The number of halogens is 2. The summed E-state index contributed by atoms with van der Waals surface area (Å²) in [6.45, 7) is 2.78. The fourth-order valence-corrected chi connectivity index (χ4v) is 2.31. The molecular formula is C12H15Br2N3O. The highest BCUT2D eigenvalue weighted by Crippen LogP contribution is 2.26. The Kier molecular flexibility index (Phi) is 5.46. The van der Waals surface area contributed by atoms with E-state index >= 15 is 0 Å². The number of unbranched alkanes of at least 4 members (excludes halogenated alkanes) is 1. The highest BCUT2D eigenvalue weighted by Gasteiger charge is 2.04. The third-order valence-electron chi connectivity index (χ3n) is 2.57. The predicted octanol–water partition coefficient (Wildman–Crippen LogP) is 3.57. The van der Waals surface area contributed by atoms with Crippen LogP contribution < -0.4 is 5.32 Å². The quantitative estimate of drug-likeness (QED) is 0.751. The lowest BCUT2D eigenvalue weighted by molar-refractivity contribution is 0.459. The standard InChI is InChI=1S/C12H15Br2N3O/c13-11-7-10(18-12(11)14)8-15-3-1-2-5-17-6-4-16-9-17/h4,6-7,9,15H,1-3,5,8H2. The number of rotatable bonds is 7. The first-order valence-electron chi connectivity index (χ1n) is 5.86. The van der Waals surface area contributed by atoms with Gasteiger partial charge in [0.05, 0.1) is 17.3 Å². The van der Waals surface area contributed by atoms with Crippen molar-refractivity contribution >= 4 is 31.9 Å². The second-order valence-corrected chi connectivity index (χ2v) is 5.59. The second kappa shape index (κ2) is 7.11. The van der Waals surface area contributed by atoms with Crippen LogP contribution in [0.15, 0.2) is 38.3 Å². The predicted molar refractivity (Wildman–Crippen MR) is 77.3 cm³/mol. The summed E-state index contributed by atoms with van der Waals surface area (Å²) in [7, 11) is 0. The number of furan rings is 1. The molecule has 0 aromatic carbocycles. The van der Waals surface area contributed by atoms with Gasteiger partial charge in [0.1, 0.15) is 5.76 Å². The zero-order valence-corrected chi connectivity index (χ0v) is 13.1. The van der Waals surface area contributed by atoms with Crippen LogP contribution >= 0.6 is 31.9 Å². The molecule has 0 saturated heterocycles. The Balaban J connectivity index is 1.56. The molecule has 0 unspecified atom stereocenters. The van der Waals surface area contributed by atoms with Crippen LogP contribution in [-0.2, 0) is 13.1 Å². The molecule has 2 rings (SSSR count). The first-order valence-corrected chi connectivity index (χ1v) is 7.44. The van der Waals surface area contributed by atoms with Gasteiger partial charge in [0.15, 0.2) is 4.67 Å². The summed E-state index contributed by atoms with van der Waals surface area (Å²) in [5.74, 6) is 0.934. The number of aryl methyl sites for hydroxylation is 1. The van der Waals surface area contributed by atoms with Crippen molar-refractivity contribution in [2.45, 2.75) is 25.9 Å². The first kappa shape index (κ1) is 13.8. The van der Waals surface area contributed by atoms with Crippen molar-refractivity contribution in [2.24, 2.45) is 0 Å². The molecule has 0 aliphatic carbocycles. The summed E-state index contributed by atoms with van der Waals surface area (Å²) in [5.41, 5.74) is 0. The van der Waals surface area contributed by atoms with Crippen molar-refractivity contribution in [3.8, 4) is 0 Å². The molecule has 6 heteroatoms. The van der Waals surface area contributed by atoms with Crippen LogP contribution in [-0.4, -0.2) is 16.1 Å². The van der Waals surface area contributed by atoms with E-state index < -0.39 is 0 Å². The first-order chi connectivity index (χ1) is 8.75. The summed E-state index contributed by atoms with van der Waals surface area (Å²) in [6.07, 6.45) is 7.94. The van der Waals surface area contributed by atoms with Crippen molar-refractivity contribution in [3.63, 3.8) is 0 Å². The van der Waals surface area contributed by atoms with Crippen molar-refractivity contribution in [1.82, 2.24) is 14.9 Å². The van der Waals surface area contributed by atoms with E-state index in [2.05, 4.69) is 46.7 Å². The maximum absolute atomic E-state index is 5.47. The van der Waals surface area contributed by atoms with Crippen molar-refractivity contribution < 1.29 is 4.42 Å². The Labute approximate surface area is 123 Å². The molecule has 0 aliphatic rings. The lowest BCUT2D eigenvalue weighted by Crippen LogP contribution is -2.14. The van der Waals surface area contributed by atoms with Gasteiger partial charge in [-0.2, -0.15) is 0 Å². The molecule has 2 aromatic heterocycles. The molecule has 4 nitrogen and oxygen atoms in total. The zero-order chi connectivity index (χ0) is 12.8.